The number of rotatable bonds is 8. The lowest BCUT2D eigenvalue weighted by Gasteiger charge is -2.23. The summed E-state index contributed by atoms with van der Waals surface area (Å²) < 4.78 is 0. The first kappa shape index (κ1) is 18.0. The largest absolute Gasteiger partial charge is 0.481 e. The quantitative estimate of drug-likeness (QED) is 0.802. The molecule has 0 saturated carbocycles. The van der Waals surface area contributed by atoms with Crippen LogP contribution in [0, 0.1) is 5.92 Å². The molecule has 0 aliphatic rings. The number of carbonyl (C=O) groups is 2. The second kappa shape index (κ2) is 8.41. The molecule has 122 valence electrons. The van der Waals surface area contributed by atoms with Crippen molar-refractivity contribution >= 4 is 17.6 Å². The second-order valence-electron chi connectivity index (χ2n) is 5.55. The van der Waals surface area contributed by atoms with E-state index in [0.717, 1.165) is 25.2 Å². The third-order valence-corrected chi connectivity index (χ3v) is 3.67. The minimum atomic E-state index is -0.895. The van der Waals surface area contributed by atoms with Gasteiger partial charge in [-0.25, -0.2) is 0 Å². The minimum absolute atomic E-state index is 0.154. The van der Waals surface area contributed by atoms with Gasteiger partial charge in [0.2, 0.25) is 0 Å². The maximum Gasteiger partial charge on any atom is 0.308 e. The van der Waals surface area contributed by atoms with E-state index in [1.54, 1.807) is 26.1 Å². The van der Waals surface area contributed by atoms with Gasteiger partial charge in [0.1, 0.15) is 0 Å². The average molecular weight is 306 g/mol. The van der Waals surface area contributed by atoms with Crippen LogP contribution in [0.4, 0.5) is 5.69 Å². The molecule has 5 nitrogen and oxygen atoms in total. The topological polar surface area (TPSA) is 60.9 Å². The molecule has 1 amide bonds. The molecule has 1 aromatic carbocycles. The van der Waals surface area contributed by atoms with Crippen molar-refractivity contribution in [1.82, 2.24) is 4.90 Å². The molecule has 0 heterocycles. The number of hydrogen-bond acceptors (Lipinski definition) is 3. The van der Waals surface area contributed by atoms with Crippen LogP contribution in [0.5, 0.6) is 0 Å². The molecular weight excluding hydrogens is 280 g/mol. The average Bonchev–Trinajstić information content (AvgIpc) is 2.51. The smallest absolute Gasteiger partial charge is 0.308 e. The molecule has 1 N–H and O–H groups in total. The summed E-state index contributed by atoms with van der Waals surface area (Å²) in [6, 6.07) is 7.50. The van der Waals surface area contributed by atoms with Crippen LogP contribution in [-0.4, -0.2) is 48.6 Å². The summed E-state index contributed by atoms with van der Waals surface area (Å²) in [4.78, 5) is 26.9. The summed E-state index contributed by atoms with van der Waals surface area (Å²) in [5.74, 6) is -1.63. The molecule has 1 unspecified atom stereocenters. The van der Waals surface area contributed by atoms with E-state index in [0.29, 0.717) is 5.56 Å². The van der Waals surface area contributed by atoms with E-state index >= 15 is 0 Å². The van der Waals surface area contributed by atoms with Gasteiger partial charge < -0.3 is 14.9 Å². The molecule has 1 aromatic rings. The maximum atomic E-state index is 12.3. The highest BCUT2D eigenvalue weighted by Gasteiger charge is 2.18. The minimum Gasteiger partial charge on any atom is -0.481 e. The van der Waals surface area contributed by atoms with E-state index in [4.69, 9.17) is 5.11 Å². The number of benzene rings is 1. The number of hydrogen-bond donors (Lipinski definition) is 1. The number of carboxylic acids is 1. The third-order valence-electron chi connectivity index (χ3n) is 3.67. The van der Waals surface area contributed by atoms with Gasteiger partial charge in [-0.3, -0.25) is 9.59 Å². The van der Waals surface area contributed by atoms with E-state index in [-0.39, 0.29) is 12.5 Å². The van der Waals surface area contributed by atoms with Gasteiger partial charge in [0.15, 0.2) is 0 Å². The molecule has 0 bridgehead atoms. The molecule has 0 radical (unpaired) electrons. The van der Waals surface area contributed by atoms with Gasteiger partial charge in [-0.2, -0.15) is 0 Å². The Hall–Kier alpha value is -2.04. The van der Waals surface area contributed by atoms with Crippen LogP contribution in [0.3, 0.4) is 0 Å². The zero-order valence-electron chi connectivity index (χ0n) is 13.9. The van der Waals surface area contributed by atoms with Crippen molar-refractivity contribution in [3.63, 3.8) is 0 Å². The fraction of sp³-hybridized carbons (Fsp3) is 0.529. The Kier molecular flexibility index (Phi) is 6.89. The third kappa shape index (κ3) is 4.76. The number of carboxylic acid groups (broad SMARTS) is 1. The predicted octanol–water partition coefficient (Wildman–Crippen LogP) is 2.72. The Morgan fingerprint density at radius 2 is 1.77 bits per heavy atom. The van der Waals surface area contributed by atoms with Gasteiger partial charge in [-0.1, -0.05) is 13.8 Å². The summed E-state index contributed by atoms with van der Waals surface area (Å²) in [5.41, 5.74) is 1.68. The number of amides is 1. The summed E-state index contributed by atoms with van der Waals surface area (Å²) in [7, 11) is 1.63. The molecule has 1 atom stereocenters. The first-order chi connectivity index (χ1) is 10.4. The molecule has 0 spiro atoms. The first-order valence-corrected chi connectivity index (χ1v) is 7.73. The monoisotopic (exact) mass is 306 g/mol. The zero-order valence-corrected chi connectivity index (χ0v) is 13.9. The van der Waals surface area contributed by atoms with Crippen molar-refractivity contribution in [3.8, 4) is 0 Å². The van der Waals surface area contributed by atoms with Crippen molar-refractivity contribution in [2.75, 3.05) is 31.6 Å². The zero-order chi connectivity index (χ0) is 16.7. The lowest BCUT2D eigenvalue weighted by Crippen LogP contribution is -2.33. The predicted molar refractivity (Wildman–Crippen MR) is 88.4 cm³/mol. The molecule has 0 fully saturated rings. The van der Waals surface area contributed by atoms with Gasteiger partial charge in [-0.05, 0) is 37.6 Å². The van der Waals surface area contributed by atoms with Crippen LogP contribution < -0.4 is 4.90 Å². The summed E-state index contributed by atoms with van der Waals surface area (Å²) >= 11 is 0. The number of carbonyl (C=O) groups excluding carboxylic acids is 1. The highest BCUT2D eigenvalue weighted by molar-refractivity contribution is 5.94. The highest BCUT2D eigenvalue weighted by atomic mass is 16.4. The fourth-order valence-corrected chi connectivity index (χ4v) is 2.35. The van der Waals surface area contributed by atoms with Crippen LogP contribution >= 0.6 is 0 Å². The SMILES string of the molecule is CCCN(CC)c1ccc(C(=O)N(C)CC(C)C(=O)O)cc1. The van der Waals surface area contributed by atoms with E-state index in [9.17, 15) is 9.59 Å². The van der Waals surface area contributed by atoms with Crippen LogP contribution in [0.25, 0.3) is 0 Å². The molecule has 22 heavy (non-hydrogen) atoms. The lowest BCUT2D eigenvalue weighted by atomic mass is 10.1. The van der Waals surface area contributed by atoms with Gasteiger partial charge in [0.25, 0.3) is 5.91 Å². The van der Waals surface area contributed by atoms with E-state index in [2.05, 4.69) is 18.7 Å². The standard InChI is InChI=1S/C17H26N2O3/c1-5-11-19(6-2)15-9-7-14(8-10-15)16(20)18(4)12-13(3)17(21)22/h7-10,13H,5-6,11-12H2,1-4H3,(H,21,22). The Morgan fingerprint density at radius 1 is 1.18 bits per heavy atom. The van der Waals surface area contributed by atoms with Crippen molar-refractivity contribution in [1.29, 1.82) is 0 Å². The fourth-order valence-electron chi connectivity index (χ4n) is 2.35. The van der Waals surface area contributed by atoms with Gasteiger partial charge in [0, 0.05) is 37.9 Å². The van der Waals surface area contributed by atoms with E-state index < -0.39 is 11.9 Å². The highest BCUT2D eigenvalue weighted by Crippen LogP contribution is 2.16. The summed E-state index contributed by atoms with van der Waals surface area (Å²) in [6.45, 7) is 7.96. The molecule has 1 rings (SSSR count). The van der Waals surface area contributed by atoms with Gasteiger partial charge in [0.05, 0.1) is 5.92 Å². The lowest BCUT2D eigenvalue weighted by molar-refractivity contribution is -0.141. The normalized spacial score (nSPS) is 11.8. The molecule has 0 aliphatic heterocycles. The number of anilines is 1. The number of aliphatic carboxylic acids is 1. The summed E-state index contributed by atoms with van der Waals surface area (Å²) in [5, 5.41) is 8.91. The van der Waals surface area contributed by atoms with Crippen molar-refractivity contribution in [2.24, 2.45) is 5.92 Å². The molecular formula is C17H26N2O3. The van der Waals surface area contributed by atoms with Crippen molar-refractivity contribution in [3.05, 3.63) is 29.8 Å². The van der Waals surface area contributed by atoms with Crippen LogP contribution in [0.1, 0.15) is 37.6 Å². The van der Waals surface area contributed by atoms with Crippen LogP contribution in [0.2, 0.25) is 0 Å². The molecule has 0 aliphatic carbocycles. The Labute approximate surface area is 132 Å². The van der Waals surface area contributed by atoms with Crippen LogP contribution in [0.15, 0.2) is 24.3 Å². The van der Waals surface area contributed by atoms with E-state index in [1.165, 1.54) is 4.90 Å². The van der Waals surface area contributed by atoms with Crippen molar-refractivity contribution in [2.45, 2.75) is 27.2 Å². The van der Waals surface area contributed by atoms with Gasteiger partial charge >= 0.3 is 5.97 Å². The Bertz CT molecular complexity index is 499. The first-order valence-electron chi connectivity index (χ1n) is 7.73. The van der Waals surface area contributed by atoms with Crippen LogP contribution in [-0.2, 0) is 4.79 Å². The Morgan fingerprint density at radius 3 is 2.23 bits per heavy atom. The maximum absolute atomic E-state index is 12.3. The van der Waals surface area contributed by atoms with Gasteiger partial charge in [-0.15, -0.1) is 0 Å². The second-order valence-corrected chi connectivity index (χ2v) is 5.55. The molecule has 0 aromatic heterocycles. The van der Waals surface area contributed by atoms with E-state index in [1.807, 2.05) is 12.1 Å². The number of nitrogens with zero attached hydrogens (tertiary/aromatic N) is 2. The molecule has 0 saturated heterocycles. The Balaban J connectivity index is 2.77. The summed E-state index contributed by atoms with van der Waals surface area (Å²) in [6.07, 6.45) is 1.07. The molecule has 5 heteroatoms. The van der Waals surface area contributed by atoms with Crippen molar-refractivity contribution < 1.29 is 14.7 Å².